The second-order valence-corrected chi connectivity index (χ2v) is 5.66. The predicted molar refractivity (Wildman–Crippen MR) is 89.7 cm³/mol. The molecule has 0 bridgehead atoms. The number of aromatic nitrogens is 1. The maximum atomic E-state index is 5.61. The lowest BCUT2D eigenvalue weighted by molar-refractivity contribution is 0.311. The van der Waals surface area contributed by atoms with Gasteiger partial charge in [0.15, 0.2) is 0 Å². The highest BCUT2D eigenvalue weighted by molar-refractivity contribution is 5.26. The summed E-state index contributed by atoms with van der Waals surface area (Å²) < 4.78 is 5.61. The summed E-state index contributed by atoms with van der Waals surface area (Å²) in [5.74, 6) is 1.55. The summed E-state index contributed by atoms with van der Waals surface area (Å²) in [5, 5.41) is 3.73. The first-order valence-electron chi connectivity index (χ1n) is 8.57. The molecule has 0 amide bonds. The van der Waals surface area contributed by atoms with Crippen LogP contribution in [0.5, 0.6) is 5.75 Å². The van der Waals surface area contributed by atoms with E-state index in [0.29, 0.717) is 18.6 Å². The van der Waals surface area contributed by atoms with E-state index in [0.717, 1.165) is 18.7 Å². The molecular formula is C18H32N2O. The summed E-state index contributed by atoms with van der Waals surface area (Å²) >= 11 is 0. The molecule has 0 radical (unpaired) electrons. The summed E-state index contributed by atoms with van der Waals surface area (Å²) in [6.45, 7) is 10.5. The van der Waals surface area contributed by atoms with Crippen LogP contribution in [0.2, 0.25) is 0 Å². The zero-order chi connectivity index (χ0) is 15.5. The van der Waals surface area contributed by atoms with Crippen molar-refractivity contribution in [3.63, 3.8) is 0 Å². The van der Waals surface area contributed by atoms with E-state index in [1.165, 1.54) is 31.2 Å². The molecule has 3 nitrogen and oxygen atoms in total. The van der Waals surface area contributed by atoms with Gasteiger partial charge in [0.2, 0.25) is 0 Å². The van der Waals surface area contributed by atoms with Crippen LogP contribution in [-0.2, 0) is 0 Å². The van der Waals surface area contributed by atoms with Crippen LogP contribution >= 0.6 is 0 Å². The highest BCUT2D eigenvalue weighted by Gasteiger charge is 2.22. The van der Waals surface area contributed by atoms with Crippen LogP contribution < -0.4 is 10.1 Å². The van der Waals surface area contributed by atoms with Gasteiger partial charge in [-0.15, -0.1) is 0 Å². The van der Waals surface area contributed by atoms with E-state index in [9.17, 15) is 0 Å². The summed E-state index contributed by atoms with van der Waals surface area (Å²) in [4.78, 5) is 4.37. The van der Waals surface area contributed by atoms with Crippen molar-refractivity contribution in [2.75, 3.05) is 13.2 Å². The summed E-state index contributed by atoms with van der Waals surface area (Å²) in [7, 11) is 0. The largest absolute Gasteiger partial charge is 0.492 e. The fourth-order valence-corrected chi connectivity index (χ4v) is 2.93. The molecule has 1 aromatic rings. The Morgan fingerprint density at radius 2 is 1.76 bits per heavy atom. The fraction of sp³-hybridized carbons (Fsp3) is 0.722. The molecule has 0 aromatic carbocycles. The van der Waals surface area contributed by atoms with Gasteiger partial charge < -0.3 is 10.1 Å². The van der Waals surface area contributed by atoms with E-state index in [1.54, 1.807) is 6.20 Å². The second kappa shape index (κ2) is 10.6. The Kier molecular flexibility index (Phi) is 9.07. The molecule has 1 unspecified atom stereocenters. The molecule has 0 saturated carbocycles. The van der Waals surface area contributed by atoms with Crippen LogP contribution in [0.15, 0.2) is 18.5 Å². The molecule has 1 heterocycles. The average Bonchev–Trinajstić information content (AvgIpc) is 2.49. The van der Waals surface area contributed by atoms with Crippen LogP contribution in [0, 0.1) is 5.92 Å². The van der Waals surface area contributed by atoms with Crippen molar-refractivity contribution in [3.8, 4) is 5.75 Å². The van der Waals surface area contributed by atoms with Crippen LogP contribution in [0.3, 0.4) is 0 Å². The molecule has 0 saturated heterocycles. The van der Waals surface area contributed by atoms with Gasteiger partial charge in [-0.25, -0.2) is 0 Å². The van der Waals surface area contributed by atoms with Crippen molar-refractivity contribution < 1.29 is 4.74 Å². The number of rotatable bonds is 11. The minimum atomic E-state index is 0.387. The van der Waals surface area contributed by atoms with E-state index in [1.807, 2.05) is 13.1 Å². The molecule has 0 aliphatic carbocycles. The molecule has 1 rings (SSSR count). The number of hydrogen-bond acceptors (Lipinski definition) is 3. The molecular weight excluding hydrogens is 260 g/mol. The van der Waals surface area contributed by atoms with Gasteiger partial charge in [-0.3, -0.25) is 4.98 Å². The number of pyridine rings is 1. The van der Waals surface area contributed by atoms with E-state index < -0.39 is 0 Å². The monoisotopic (exact) mass is 292 g/mol. The fourth-order valence-electron chi connectivity index (χ4n) is 2.93. The third-order valence-electron chi connectivity index (χ3n) is 3.81. The number of ether oxygens (including phenoxy) is 1. The van der Waals surface area contributed by atoms with Gasteiger partial charge in [-0.2, -0.15) is 0 Å². The Morgan fingerprint density at radius 1 is 1.05 bits per heavy atom. The van der Waals surface area contributed by atoms with Crippen LogP contribution in [-0.4, -0.2) is 18.1 Å². The topological polar surface area (TPSA) is 34.2 Å². The molecule has 1 aromatic heterocycles. The van der Waals surface area contributed by atoms with E-state index >= 15 is 0 Å². The van der Waals surface area contributed by atoms with Gasteiger partial charge in [0, 0.05) is 12.2 Å². The zero-order valence-corrected chi connectivity index (χ0v) is 14.2. The van der Waals surface area contributed by atoms with Gasteiger partial charge >= 0.3 is 0 Å². The third kappa shape index (κ3) is 6.04. The first-order valence-corrected chi connectivity index (χ1v) is 8.57. The Labute approximate surface area is 130 Å². The first-order chi connectivity index (χ1) is 10.3. The minimum Gasteiger partial charge on any atom is -0.492 e. The molecule has 3 heteroatoms. The van der Waals surface area contributed by atoms with Gasteiger partial charge in [0.25, 0.3) is 0 Å². The Bertz CT molecular complexity index is 375. The van der Waals surface area contributed by atoms with Crippen molar-refractivity contribution in [1.82, 2.24) is 10.3 Å². The standard InChI is InChI=1S/C18H32N2O/c1-5-9-15(10-6-2)18(20-11-7-3)16-12-17(21-8-4)14-19-13-16/h12-15,18,20H,5-11H2,1-4H3. The third-order valence-corrected chi connectivity index (χ3v) is 3.81. The van der Waals surface area contributed by atoms with Crippen LogP contribution in [0.25, 0.3) is 0 Å². The van der Waals surface area contributed by atoms with Gasteiger partial charge in [0.1, 0.15) is 5.75 Å². The molecule has 0 spiro atoms. The Hall–Kier alpha value is -1.09. The Balaban J connectivity index is 2.95. The highest BCUT2D eigenvalue weighted by Crippen LogP contribution is 2.31. The second-order valence-electron chi connectivity index (χ2n) is 5.66. The van der Waals surface area contributed by atoms with Crippen molar-refractivity contribution in [2.24, 2.45) is 5.92 Å². The van der Waals surface area contributed by atoms with Crippen molar-refractivity contribution >= 4 is 0 Å². The SMILES string of the molecule is CCCNC(c1cncc(OCC)c1)C(CCC)CCC. The van der Waals surface area contributed by atoms with E-state index in [-0.39, 0.29) is 0 Å². The quantitative estimate of drug-likeness (QED) is 0.640. The van der Waals surface area contributed by atoms with Crippen molar-refractivity contribution in [1.29, 1.82) is 0 Å². The Morgan fingerprint density at radius 3 is 2.33 bits per heavy atom. The lowest BCUT2D eigenvalue weighted by atomic mass is 9.86. The summed E-state index contributed by atoms with van der Waals surface area (Å²) in [5.41, 5.74) is 1.27. The number of hydrogen-bond donors (Lipinski definition) is 1. The predicted octanol–water partition coefficient (Wildman–Crippen LogP) is 4.74. The van der Waals surface area contributed by atoms with E-state index in [2.05, 4.69) is 37.1 Å². The molecule has 0 fully saturated rings. The minimum absolute atomic E-state index is 0.387. The van der Waals surface area contributed by atoms with Crippen molar-refractivity contribution in [2.45, 2.75) is 65.8 Å². The molecule has 0 aliphatic heterocycles. The molecule has 1 N–H and O–H groups in total. The maximum Gasteiger partial charge on any atom is 0.137 e. The van der Waals surface area contributed by atoms with Gasteiger partial charge in [-0.1, -0.05) is 33.6 Å². The number of nitrogens with one attached hydrogen (secondary N) is 1. The van der Waals surface area contributed by atoms with Crippen LogP contribution in [0.4, 0.5) is 0 Å². The summed E-state index contributed by atoms with van der Waals surface area (Å²) in [6, 6.07) is 2.54. The molecule has 0 aliphatic rings. The van der Waals surface area contributed by atoms with Gasteiger partial charge in [-0.05, 0) is 50.3 Å². The molecule has 120 valence electrons. The normalized spacial score (nSPS) is 12.6. The zero-order valence-electron chi connectivity index (χ0n) is 14.2. The average molecular weight is 292 g/mol. The molecule has 21 heavy (non-hydrogen) atoms. The lowest BCUT2D eigenvalue weighted by Gasteiger charge is -2.28. The highest BCUT2D eigenvalue weighted by atomic mass is 16.5. The smallest absolute Gasteiger partial charge is 0.137 e. The van der Waals surface area contributed by atoms with E-state index in [4.69, 9.17) is 4.74 Å². The number of nitrogens with zero attached hydrogens (tertiary/aromatic N) is 1. The van der Waals surface area contributed by atoms with Crippen molar-refractivity contribution in [3.05, 3.63) is 24.0 Å². The molecule has 1 atom stereocenters. The maximum absolute atomic E-state index is 5.61. The first kappa shape index (κ1) is 18.0. The van der Waals surface area contributed by atoms with Gasteiger partial charge in [0.05, 0.1) is 12.8 Å². The summed E-state index contributed by atoms with van der Waals surface area (Å²) in [6.07, 6.45) is 9.93. The van der Waals surface area contributed by atoms with Crippen LogP contribution in [0.1, 0.15) is 71.4 Å². The lowest BCUT2D eigenvalue weighted by Crippen LogP contribution is -2.29.